The molecule has 1 fully saturated rings. The molecule has 19 heavy (non-hydrogen) atoms. The van der Waals surface area contributed by atoms with Crippen molar-refractivity contribution < 1.29 is 5.11 Å². The summed E-state index contributed by atoms with van der Waals surface area (Å²) in [5, 5.41) is 12.1. The first kappa shape index (κ1) is 12.9. The molecule has 0 amide bonds. The molecule has 1 aliphatic heterocycles. The molecule has 1 aliphatic rings. The maximum absolute atomic E-state index is 11.0. The summed E-state index contributed by atoms with van der Waals surface area (Å²) in [5.41, 5.74) is 1.82. The van der Waals surface area contributed by atoms with Gasteiger partial charge >= 0.3 is 120 Å². The van der Waals surface area contributed by atoms with E-state index in [0.29, 0.717) is 19.8 Å². The van der Waals surface area contributed by atoms with E-state index in [1.807, 2.05) is 18.2 Å². The summed E-state index contributed by atoms with van der Waals surface area (Å²) in [6.07, 6.45) is 1.77. The summed E-state index contributed by atoms with van der Waals surface area (Å²) < 4.78 is 0. The Hall–Kier alpha value is -1.08. The quantitative estimate of drug-likeness (QED) is 0.840. The topological polar surface area (TPSA) is 20.2 Å². The van der Waals surface area contributed by atoms with Crippen LogP contribution in [0.3, 0.4) is 0 Å². The summed E-state index contributed by atoms with van der Waals surface area (Å²) in [5.74, 6) is 0. The molecular formula is C17H18OSe. The van der Waals surface area contributed by atoms with Crippen LogP contribution < -0.4 is 0 Å². The Morgan fingerprint density at radius 3 is 2.26 bits per heavy atom. The Kier molecular flexibility index (Phi) is 3.74. The molecule has 1 N–H and O–H groups in total. The third-order valence-electron chi connectivity index (χ3n) is 3.84. The van der Waals surface area contributed by atoms with Gasteiger partial charge in [0.15, 0.2) is 0 Å². The molecule has 1 nitrogen and oxygen atoms in total. The zero-order valence-electron chi connectivity index (χ0n) is 10.8. The van der Waals surface area contributed by atoms with Gasteiger partial charge in [-0.2, -0.15) is 0 Å². The van der Waals surface area contributed by atoms with Gasteiger partial charge in [0.05, 0.1) is 0 Å². The number of benzene rings is 2. The molecule has 2 atom stereocenters. The van der Waals surface area contributed by atoms with Gasteiger partial charge in [0.2, 0.25) is 0 Å². The number of hydrogen-bond donors (Lipinski definition) is 1. The molecule has 1 heterocycles. The van der Waals surface area contributed by atoms with Crippen molar-refractivity contribution in [3.63, 3.8) is 0 Å². The Labute approximate surface area is 120 Å². The van der Waals surface area contributed by atoms with E-state index in [2.05, 4.69) is 42.5 Å². The van der Waals surface area contributed by atoms with Gasteiger partial charge in [-0.15, -0.1) is 0 Å². The van der Waals surface area contributed by atoms with Crippen LogP contribution in [0.1, 0.15) is 28.8 Å². The molecular weight excluding hydrogens is 299 g/mol. The van der Waals surface area contributed by atoms with Crippen molar-refractivity contribution in [1.82, 2.24) is 0 Å². The summed E-state index contributed by atoms with van der Waals surface area (Å²) in [7, 11) is 0. The van der Waals surface area contributed by atoms with Gasteiger partial charge in [-0.25, -0.2) is 0 Å². The van der Waals surface area contributed by atoms with Crippen molar-refractivity contribution in [2.75, 3.05) is 0 Å². The predicted octanol–water partition coefficient (Wildman–Crippen LogP) is 3.53. The van der Waals surface area contributed by atoms with Crippen LogP contribution in [0.2, 0.25) is 5.32 Å². The fraction of sp³-hybridized carbons (Fsp3) is 0.294. The molecule has 0 bridgehead atoms. The van der Waals surface area contributed by atoms with Crippen LogP contribution in [0.5, 0.6) is 0 Å². The molecule has 2 aromatic rings. The van der Waals surface area contributed by atoms with Gasteiger partial charge in [-0.05, 0) is 0 Å². The second-order valence-corrected chi connectivity index (χ2v) is 7.87. The van der Waals surface area contributed by atoms with E-state index in [9.17, 15) is 5.11 Å². The van der Waals surface area contributed by atoms with Crippen LogP contribution >= 0.6 is 0 Å². The molecule has 3 rings (SSSR count). The number of hydrogen-bond acceptors (Lipinski definition) is 1. The van der Waals surface area contributed by atoms with Gasteiger partial charge in [-0.3, -0.25) is 0 Å². The first-order valence-corrected chi connectivity index (χ1v) is 8.92. The van der Waals surface area contributed by atoms with E-state index in [4.69, 9.17) is 0 Å². The van der Waals surface area contributed by atoms with E-state index < -0.39 is 5.60 Å². The van der Waals surface area contributed by atoms with Gasteiger partial charge in [0.1, 0.15) is 0 Å². The Balaban J connectivity index is 1.86. The average molecular weight is 317 g/mol. The van der Waals surface area contributed by atoms with Crippen molar-refractivity contribution in [3.8, 4) is 0 Å². The Morgan fingerprint density at radius 2 is 1.58 bits per heavy atom. The zero-order chi connectivity index (χ0) is 13.1. The van der Waals surface area contributed by atoms with E-state index in [-0.39, 0.29) is 0 Å². The minimum absolute atomic E-state index is 0.535. The van der Waals surface area contributed by atoms with E-state index in [1.165, 1.54) is 5.56 Å². The van der Waals surface area contributed by atoms with Crippen LogP contribution in [0, 0.1) is 0 Å². The van der Waals surface area contributed by atoms with Crippen LogP contribution in [0.4, 0.5) is 0 Å². The number of aliphatic hydroxyl groups is 1. The summed E-state index contributed by atoms with van der Waals surface area (Å²) >= 11 is 0.600. The van der Waals surface area contributed by atoms with Gasteiger partial charge in [0.25, 0.3) is 0 Å². The van der Waals surface area contributed by atoms with Gasteiger partial charge < -0.3 is 0 Å². The van der Waals surface area contributed by atoms with Crippen molar-refractivity contribution in [2.24, 2.45) is 0 Å². The van der Waals surface area contributed by atoms with Crippen LogP contribution in [-0.4, -0.2) is 20.1 Å². The van der Waals surface area contributed by atoms with Crippen LogP contribution in [0.25, 0.3) is 0 Å². The molecule has 0 saturated carbocycles. The monoisotopic (exact) mass is 318 g/mol. The van der Waals surface area contributed by atoms with E-state index in [0.717, 1.165) is 23.7 Å². The molecule has 0 spiro atoms. The molecule has 1 unspecified atom stereocenters. The Morgan fingerprint density at radius 1 is 0.947 bits per heavy atom. The zero-order valence-corrected chi connectivity index (χ0v) is 12.5. The van der Waals surface area contributed by atoms with E-state index >= 15 is 0 Å². The fourth-order valence-electron chi connectivity index (χ4n) is 2.73. The second-order valence-electron chi connectivity index (χ2n) is 5.12. The predicted molar refractivity (Wildman–Crippen MR) is 79.3 cm³/mol. The van der Waals surface area contributed by atoms with Gasteiger partial charge in [-0.1, -0.05) is 0 Å². The number of rotatable bonds is 2. The molecule has 2 aromatic carbocycles. The van der Waals surface area contributed by atoms with E-state index in [1.54, 1.807) is 0 Å². The van der Waals surface area contributed by atoms with Gasteiger partial charge in [0, 0.05) is 0 Å². The van der Waals surface area contributed by atoms with Crippen LogP contribution in [0.15, 0.2) is 60.7 Å². The Bertz CT molecular complexity index is 525. The molecule has 0 radical (unpaired) electrons. The first-order chi connectivity index (χ1) is 9.28. The first-order valence-electron chi connectivity index (χ1n) is 6.72. The second kappa shape index (κ2) is 5.50. The summed E-state index contributed by atoms with van der Waals surface area (Å²) in [4.78, 5) is 0.535. The third-order valence-corrected chi connectivity index (χ3v) is 6.53. The third kappa shape index (κ3) is 2.76. The van der Waals surface area contributed by atoms with Crippen molar-refractivity contribution in [2.45, 2.75) is 28.6 Å². The fourth-order valence-corrected chi connectivity index (χ4v) is 5.84. The normalized spacial score (nSPS) is 27.1. The SMILES string of the molecule is OC1(c2ccccc2)CC[Se][C@H](c2ccccc2)C1. The van der Waals surface area contributed by atoms with Crippen molar-refractivity contribution >= 4 is 15.0 Å². The maximum atomic E-state index is 11.0. The molecule has 0 aromatic heterocycles. The van der Waals surface area contributed by atoms with Crippen molar-refractivity contribution in [1.29, 1.82) is 0 Å². The molecule has 1 saturated heterocycles. The standard InChI is InChI=1S/C17H18OSe/c18-17(15-9-5-2-6-10-15)11-12-19-16(13-17)14-7-3-1-4-8-14/h1-10,16,18H,11-13H2/t16-,17?/m0/s1. The summed E-state index contributed by atoms with van der Waals surface area (Å²) in [6.45, 7) is 0. The molecule has 2 heteroatoms. The molecule has 98 valence electrons. The van der Waals surface area contributed by atoms with Crippen LogP contribution in [-0.2, 0) is 5.60 Å². The van der Waals surface area contributed by atoms with Crippen molar-refractivity contribution in [3.05, 3.63) is 71.8 Å². The summed E-state index contributed by atoms with van der Waals surface area (Å²) in [6, 6.07) is 20.8. The average Bonchev–Trinajstić information content (AvgIpc) is 2.49. The molecule has 0 aliphatic carbocycles. The minimum atomic E-state index is -0.637.